The van der Waals surface area contributed by atoms with E-state index in [9.17, 15) is 0 Å². The number of hydrogen-bond donors (Lipinski definition) is 1. The Hall–Kier alpha value is -2.34. The zero-order valence-corrected chi connectivity index (χ0v) is 15.3. The van der Waals surface area contributed by atoms with E-state index < -0.39 is 0 Å². The van der Waals surface area contributed by atoms with Crippen molar-refractivity contribution in [2.75, 3.05) is 51.1 Å². The molecule has 1 unspecified atom stereocenters. The van der Waals surface area contributed by atoms with E-state index >= 15 is 0 Å². The number of rotatable bonds is 7. The zero-order chi connectivity index (χ0) is 17.6. The molecule has 2 heterocycles. The highest BCUT2D eigenvalue weighted by atomic mass is 16.5. The topological polar surface area (TPSA) is 53.5 Å². The van der Waals surface area contributed by atoms with E-state index in [1.165, 1.54) is 18.4 Å². The van der Waals surface area contributed by atoms with Crippen molar-refractivity contribution in [2.24, 2.45) is 0 Å². The first kappa shape index (κ1) is 17.5. The summed E-state index contributed by atoms with van der Waals surface area (Å²) in [4.78, 5) is 13.4. The van der Waals surface area contributed by atoms with Crippen molar-refractivity contribution in [1.29, 1.82) is 0 Å². The van der Waals surface area contributed by atoms with E-state index in [1.54, 1.807) is 13.3 Å². The van der Waals surface area contributed by atoms with Crippen molar-refractivity contribution in [1.82, 2.24) is 14.9 Å². The molecule has 0 aliphatic carbocycles. The van der Waals surface area contributed by atoms with Gasteiger partial charge in [-0.3, -0.25) is 4.90 Å². The maximum Gasteiger partial charge on any atom is 0.224 e. The van der Waals surface area contributed by atoms with Crippen molar-refractivity contribution < 1.29 is 4.74 Å². The van der Waals surface area contributed by atoms with Crippen molar-refractivity contribution in [2.45, 2.75) is 18.9 Å². The first-order chi connectivity index (χ1) is 12.2. The van der Waals surface area contributed by atoms with Crippen molar-refractivity contribution in [3.05, 3.63) is 42.1 Å². The van der Waals surface area contributed by atoms with Gasteiger partial charge in [0.2, 0.25) is 5.95 Å². The van der Waals surface area contributed by atoms with E-state index in [-0.39, 0.29) is 6.04 Å². The standard InChI is InChI=1S/C19H27N5O/c1-23(2)18-10-11-20-19(22-18)21-14-16(24-12-6-7-13-24)15-8-4-5-9-17(15)25-3/h4-5,8-11,16H,6-7,12-14H2,1-3H3,(H,20,21,22). The lowest BCUT2D eigenvalue weighted by Gasteiger charge is -2.29. The molecule has 25 heavy (non-hydrogen) atoms. The molecule has 1 aromatic carbocycles. The smallest absolute Gasteiger partial charge is 0.224 e. The molecule has 1 N–H and O–H groups in total. The summed E-state index contributed by atoms with van der Waals surface area (Å²) < 4.78 is 5.60. The molecule has 1 aliphatic heterocycles. The summed E-state index contributed by atoms with van der Waals surface area (Å²) in [6.07, 6.45) is 4.29. The molecule has 0 spiro atoms. The molecule has 1 saturated heterocycles. The predicted octanol–water partition coefficient (Wildman–Crippen LogP) is 2.80. The molecule has 1 aromatic heterocycles. The fourth-order valence-electron chi connectivity index (χ4n) is 3.30. The highest BCUT2D eigenvalue weighted by Crippen LogP contribution is 2.31. The van der Waals surface area contributed by atoms with Crippen LogP contribution in [-0.4, -0.2) is 55.7 Å². The van der Waals surface area contributed by atoms with Gasteiger partial charge < -0.3 is 15.0 Å². The summed E-state index contributed by atoms with van der Waals surface area (Å²) >= 11 is 0. The summed E-state index contributed by atoms with van der Waals surface area (Å²) in [5.41, 5.74) is 1.21. The number of ether oxygens (including phenoxy) is 1. The van der Waals surface area contributed by atoms with Crippen molar-refractivity contribution in [3.8, 4) is 5.75 Å². The molecule has 2 aromatic rings. The van der Waals surface area contributed by atoms with Gasteiger partial charge in [0, 0.05) is 32.4 Å². The molecule has 3 rings (SSSR count). The largest absolute Gasteiger partial charge is 0.496 e. The lowest BCUT2D eigenvalue weighted by atomic mass is 10.0. The van der Waals surface area contributed by atoms with Crippen LogP contribution in [-0.2, 0) is 0 Å². The molecule has 0 saturated carbocycles. The Labute approximate surface area is 149 Å². The number of aromatic nitrogens is 2. The Morgan fingerprint density at radius 1 is 1.20 bits per heavy atom. The summed E-state index contributed by atoms with van der Waals surface area (Å²) in [5, 5.41) is 3.42. The molecule has 1 aliphatic rings. The van der Waals surface area contributed by atoms with Crippen LogP contribution in [0, 0.1) is 0 Å². The number of benzene rings is 1. The molecule has 1 atom stereocenters. The van der Waals surface area contributed by atoms with E-state index in [4.69, 9.17) is 4.74 Å². The minimum Gasteiger partial charge on any atom is -0.496 e. The molecular weight excluding hydrogens is 314 g/mol. The summed E-state index contributed by atoms with van der Waals surface area (Å²) in [6.45, 7) is 2.98. The Morgan fingerprint density at radius 2 is 1.96 bits per heavy atom. The quantitative estimate of drug-likeness (QED) is 0.836. The van der Waals surface area contributed by atoms with E-state index in [2.05, 4.69) is 32.3 Å². The van der Waals surface area contributed by atoms with Crippen LogP contribution in [0.3, 0.4) is 0 Å². The van der Waals surface area contributed by atoms with Gasteiger partial charge in [0.05, 0.1) is 13.2 Å². The second-order valence-corrected chi connectivity index (χ2v) is 6.51. The van der Waals surface area contributed by atoms with Crippen LogP contribution < -0.4 is 15.0 Å². The minimum atomic E-state index is 0.241. The molecule has 1 fully saturated rings. The normalized spacial score (nSPS) is 15.8. The maximum absolute atomic E-state index is 5.60. The fraction of sp³-hybridized carbons (Fsp3) is 0.474. The summed E-state index contributed by atoms with van der Waals surface area (Å²) in [7, 11) is 5.69. The molecule has 0 radical (unpaired) electrons. The number of likely N-dealkylation sites (tertiary alicyclic amines) is 1. The van der Waals surface area contributed by atoms with Crippen LogP contribution in [0.1, 0.15) is 24.4 Å². The van der Waals surface area contributed by atoms with Gasteiger partial charge in [0.15, 0.2) is 0 Å². The molecule has 0 amide bonds. The number of anilines is 2. The second kappa shape index (κ2) is 8.16. The van der Waals surface area contributed by atoms with Crippen molar-refractivity contribution >= 4 is 11.8 Å². The van der Waals surface area contributed by atoms with Crippen LogP contribution in [0.4, 0.5) is 11.8 Å². The van der Waals surface area contributed by atoms with Crippen LogP contribution in [0.2, 0.25) is 0 Å². The van der Waals surface area contributed by atoms with Crippen LogP contribution >= 0.6 is 0 Å². The highest BCUT2D eigenvalue weighted by Gasteiger charge is 2.25. The Bertz CT molecular complexity index is 685. The lowest BCUT2D eigenvalue weighted by Crippen LogP contribution is -2.31. The first-order valence-corrected chi connectivity index (χ1v) is 8.80. The molecule has 0 bridgehead atoms. The molecule has 6 nitrogen and oxygen atoms in total. The monoisotopic (exact) mass is 341 g/mol. The van der Waals surface area contributed by atoms with Gasteiger partial charge in [-0.05, 0) is 38.1 Å². The van der Waals surface area contributed by atoms with Gasteiger partial charge in [0.1, 0.15) is 11.6 Å². The number of nitrogens with one attached hydrogen (secondary N) is 1. The maximum atomic E-state index is 5.60. The number of nitrogens with zero attached hydrogens (tertiary/aromatic N) is 4. The number of hydrogen-bond acceptors (Lipinski definition) is 6. The zero-order valence-electron chi connectivity index (χ0n) is 15.3. The van der Waals surface area contributed by atoms with Crippen molar-refractivity contribution in [3.63, 3.8) is 0 Å². The van der Waals surface area contributed by atoms with Crippen LogP contribution in [0.5, 0.6) is 5.75 Å². The predicted molar refractivity (Wildman–Crippen MR) is 101 cm³/mol. The van der Waals surface area contributed by atoms with Gasteiger partial charge in [-0.1, -0.05) is 18.2 Å². The number of methoxy groups -OCH3 is 1. The second-order valence-electron chi connectivity index (χ2n) is 6.51. The van der Waals surface area contributed by atoms with Crippen LogP contribution in [0.25, 0.3) is 0 Å². The molecular formula is C19H27N5O. The third-order valence-electron chi connectivity index (χ3n) is 4.63. The summed E-state index contributed by atoms with van der Waals surface area (Å²) in [6, 6.07) is 10.4. The first-order valence-electron chi connectivity index (χ1n) is 8.80. The van der Waals surface area contributed by atoms with Gasteiger partial charge in [-0.15, -0.1) is 0 Å². The van der Waals surface area contributed by atoms with Gasteiger partial charge in [-0.25, -0.2) is 4.98 Å². The minimum absolute atomic E-state index is 0.241. The SMILES string of the molecule is COc1ccccc1C(CNc1nccc(N(C)C)n1)N1CCCC1. The molecule has 6 heteroatoms. The Balaban J connectivity index is 1.80. The average molecular weight is 341 g/mol. The van der Waals surface area contributed by atoms with Gasteiger partial charge in [0.25, 0.3) is 0 Å². The summed E-state index contributed by atoms with van der Waals surface area (Å²) in [5.74, 6) is 2.49. The third kappa shape index (κ3) is 4.20. The molecule has 134 valence electrons. The Kier molecular flexibility index (Phi) is 5.71. The van der Waals surface area contributed by atoms with Gasteiger partial charge >= 0.3 is 0 Å². The highest BCUT2D eigenvalue weighted by molar-refractivity contribution is 5.42. The number of para-hydroxylation sites is 1. The third-order valence-corrected chi connectivity index (χ3v) is 4.63. The Morgan fingerprint density at radius 3 is 2.68 bits per heavy atom. The van der Waals surface area contributed by atoms with E-state index in [0.29, 0.717) is 5.95 Å². The van der Waals surface area contributed by atoms with Gasteiger partial charge in [-0.2, -0.15) is 4.98 Å². The lowest BCUT2D eigenvalue weighted by molar-refractivity contribution is 0.249. The van der Waals surface area contributed by atoms with Crippen LogP contribution in [0.15, 0.2) is 36.5 Å². The van der Waals surface area contributed by atoms with E-state index in [1.807, 2.05) is 37.2 Å². The average Bonchev–Trinajstić information content (AvgIpc) is 3.17. The fourth-order valence-corrected chi connectivity index (χ4v) is 3.30. The van der Waals surface area contributed by atoms with E-state index in [0.717, 1.165) is 31.2 Å².